The second-order valence-electron chi connectivity index (χ2n) is 11.1. The molecule has 1 aliphatic heterocycles. The lowest BCUT2D eigenvalue weighted by molar-refractivity contribution is -0.149. The van der Waals surface area contributed by atoms with Crippen molar-refractivity contribution < 1.29 is 19.0 Å². The van der Waals surface area contributed by atoms with Crippen LogP contribution >= 0.6 is 0 Å². The van der Waals surface area contributed by atoms with Crippen LogP contribution in [0.25, 0.3) is 0 Å². The quantitative estimate of drug-likeness (QED) is 0.342. The molecule has 188 valence electrons. The minimum Gasteiger partial charge on any atom is -0.405 e. The van der Waals surface area contributed by atoms with Crippen molar-refractivity contribution in [3.05, 3.63) is 60.7 Å². The molecular weight excluding hydrogens is 440 g/mol. The molecule has 0 aliphatic carbocycles. The number of unbranched alkanes of at least 4 members (excludes halogenated alkanes) is 2. The Balaban J connectivity index is 1.64. The zero-order valence-electron chi connectivity index (χ0n) is 21.9. The maximum atomic E-state index is 9.59. The predicted octanol–water partition coefficient (Wildman–Crippen LogP) is 5.41. The van der Waals surface area contributed by atoms with Crippen molar-refractivity contribution >= 4 is 18.7 Å². The number of aliphatic hydroxyl groups is 1. The monoisotopic (exact) mass is 484 g/mol. The molecule has 34 heavy (non-hydrogen) atoms. The van der Waals surface area contributed by atoms with Crippen molar-refractivity contribution in [1.29, 1.82) is 0 Å². The van der Waals surface area contributed by atoms with E-state index >= 15 is 0 Å². The third-order valence-electron chi connectivity index (χ3n) is 6.86. The van der Waals surface area contributed by atoms with Gasteiger partial charge in [0.1, 0.15) is 6.10 Å². The van der Waals surface area contributed by atoms with Gasteiger partial charge in [0.15, 0.2) is 5.79 Å². The summed E-state index contributed by atoms with van der Waals surface area (Å²) in [6.45, 7) is 13.1. The lowest BCUT2D eigenvalue weighted by Gasteiger charge is -2.44. The van der Waals surface area contributed by atoms with Gasteiger partial charge in [0.2, 0.25) is 0 Å². The van der Waals surface area contributed by atoms with Gasteiger partial charge in [-0.15, -0.1) is 0 Å². The molecule has 1 N–H and O–H groups in total. The van der Waals surface area contributed by atoms with Crippen molar-refractivity contribution in [2.45, 2.75) is 103 Å². The highest BCUT2D eigenvalue weighted by atomic mass is 28.4. The predicted molar refractivity (Wildman–Crippen MR) is 142 cm³/mol. The minimum atomic E-state index is -2.50. The fourth-order valence-electron chi connectivity index (χ4n) is 5.31. The van der Waals surface area contributed by atoms with Crippen LogP contribution in [0.15, 0.2) is 60.7 Å². The molecule has 0 amide bonds. The van der Waals surface area contributed by atoms with Crippen LogP contribution in [-0.2, 0) is 13.9 Å². The van der Waals surface area contributed by atoms with E-state index in [0.717, 1.165) is 32.1 Å². The third-order valence-corrected chi connectivity index (χ3v) is 12.0. The molecule has 3 atom stereocenters. The topological polar surface area (TPSA) is 47.9 Å². The van der Waals surface area contributed by atoms with E-state index in [1.165, 1.54) is 10.4 Å². The van der Waals surface area contributed by atoms with Crippen molar-refractivity contribution in [3.8, 4) is 0 Å². The summed E-state index contributed by atoms with van der Waals surface area (Å²) < 4.78 is 18.9. The Morgan fingerprint density at radius 3 is 1.91 bits per heavy atom. The highest BCUT2D eigenvalue weighted by molar-refractivity contribution is 6.99. The number of benzene rings is 2. The van der Waals surface area contributed by atoms with E-state index in [1.807, 2.05) is 13.8 Å². The largest absolute Gasteiger partial charge is 0.405 e. The van der Waals surface area contributed by atoms with E-state index in [0.29, 0.717) is 0 Å². The normalized spacial score (nSPS) is 21.5. The first-order chi connectivity index (χ1) is 16.1. The van der Waals surface area contributed by atoms with Crippen LogP contribution in [0, 0.1) is 0 Å². The van der Waals surface area contributed by atoms with Gasteiger partial charge < -0.3 is 19.0 Å². The molecule has 2 aromatic carbocycles. The molecule has 0 aromatic heterocycles. The first-order valence-electron chi connectivity index (χ1n) is 12.8. The van der Waals surface area contributed by atoms with E-state index in [2.05, 4.69) is 88.4 Å². The molecule has 0 saturated carbocycles. The zero-order chi connectivity index (χ0) is 24.8. The van der Waals surface area contributed by atoms with E-state index in [9.17, 15) is 5.11 Å². The summed E-state index contributed by atoms with van der Waals surface area (Å²) in [6.07, 6.45) is 5.17. The first kappa shape index (κ1) is 27.1. The lowest BCUT2D eigenvalue weighted by Crippen LogP contribution is -2.67. The summed E-state index contributed by atoms with van der Waals surface area (Å²) in [6, 6.07) is 21.7. The van der Waals surface area contributed by atoms with E-state index < -0.39 is 14.1 Å². The molecule has 0 radical (unpaired) electrons. The molecule has 5 heteroatoms. The Hall–Kier alpha value is -1.50. The number of aliphatic hydroxyl groups excluding tert-OH is 1. The minimum absolute atomic E-state index is 0.00408. The molecular formula is C29H44O4Si. The van der Waals surface area contributed by atoms with Crippen LogP contribution in [-0.4, -0.2) is 44.1 Å². The summed E-state index contributed by atoms with van der Waals surface area (Å²) in [7, 11) is -2.50. The Kier molecular flexibility index (Phi) is 9.15. The van der Waals surface area contributed by atoms with Gasteiger partial charge in [-0.1, -0.05) is 101 Å². The van der Waals surface area contributed by atoms with Gasteiger partial charge in [-0.25, -0.2) is 0 Å². The fourth-order valence-corrected chi connectivity index (χ4v) is 10.1. The highest BCUT2D eigenvalue weighted by Crippen LogP contribution is 2.38. The highest BCUT2D eigenvalue weighted by Gasteiger charge is 2.50. The molecule has 3 rings (SSSR count). The van der Waals surface area contributed by atoms with Crippen molar-refractivity contribution in [1.82, 2.24) is 0 Å². The van der Waals surface area contributed by atoms with Gasteiger partial charge in [-0.05, 0) is 49.0 Å². The summed E-state index contributed by atoms with van der Waals surface area (Å²) in [5, 5.41) is 12.2. The van der Waals surface area contributed by atoms with Crippen molar-refractivity contribution in [3.63, 3.8) is 0 Å². The van der Waals surface area contributed by atoms with Crippen molar-refractivity contribution in [2.75, 3.05) is 6.61 Å². The number of hydrogen-bond acceptors (Lipinski definition) is 4. The second kappa shape index (κ2) is 11.5. The molecule has 0 spiro atoms. The lowest BCUT2D eigenvalue weighted by atomic mass is 10.0. The van der Waals surface area contributed by atoms with E-state index in [1.54, 1.807) is 0 Å². The van der Waals surface area contributed by atoms with Crippen LogP contribution in [0.2, 0.25) is 5.04 Å². The molecule has 1 fully saturated rings. The van der Waals surface area contributed by atoms with Gasteiger partial charge in [-0.3, -0.25) is 0 Å². The van der Waals surface area contributed by atoms with Gasteiger partial charge in [0.25, 0.3) is 8.32 Å². The van der Waals surface area contributed by atoms with Crippen LogP contribution in [0.4, 0.5) is 0 Å². The Labute approximate surface area is 207 Å². The maximum Gasteiger partial charge on any atom is 0.261 e. The number of ether oxygens (including phenoxy) is 2. The van der Waals surface area contributed by atoms with Gasteiger partial charge in [-0.2, -0.15) is 0 Å². The summed E-state index contributed by atoms with van der Waals surface area (Å²) in [5.41, 5.74) is 0. The molecule has 1 saturated heterocycles. The third kappa shape index (κ3) is 6.38. The molecule has 1 heterocycles. The summed E-state index contributed by atoms with van der Waals surface area (Å²) in [4.78, 5) is 0. The number of rotatable bonds is 11. The van der Waals surface area contributed by atoms with E-state index in [-0.39, 0.29) is 30.0 Å². The first-order valence-corrected chi connectivity index (χ1v) is 14.8. The van der Waals surface area contributed by atoms with Gasteiger partial charge in [0, 0.05) is 6.10 Å². The standard InChI is InChI=1S/C29H44O4Si/c1-23(16-10-7-15-21-26-27(22-30)32-29(5,6)31-26)33-34(28(2,3)4,24-17-11-8-12-18-24)25-19-13-9-14-20-25/h8-9,11-14,17-20,23,26-27,30H,7,10,15-16,21-22H2,1-6H3/t23-,26+,27+/m1/s1. The molecule has 1 aliphatic rings. The van der Waals surface area contributed by atoms with Crippen LogP contribution < -0.4 is 10.4 Å². The SMILES string of the molecule is C[C@H](CCCCC[C@@H]1OC(C)(C)O[C@H]1CO)O[Si](c1ccccc1)(c1ccccc1)C(C)(C)C. The summed E-state index contributed by atoms with van der Waals surface area (Å²) >= 11 is 0. The molecule has 2 aromatic rings. The smallest absolute Gasteiger partial charge is 0.261 e. The van der Waals surface area contributed by atoms with Gasteiger partial charge >= 0.3 is 0 Å². The Morgan fingerprint density at radius 1 is 0.882 bits per heavy atom. The van der Waals surface area contributed by atoms with E-state index in [4.69, 9.17) is 13.9 Å². The average Bonchev–Trinajstić information content (AvgIpc) is 3.11. The second-order valence-corrected chi connectivity index (χ2v) is 15.4. The molecule has 0 unspecified atom stereocenters. The fraction of sp³-hybridized carbons (Fsp3) is 0.586. The molecule has 4 nitrogen and oxygen atoms in total. The van der Waals surface area contributed by atoms with Gasteiger partial charge in [0.05, 0.1) is 12.7 Å². The maximum absolute atomic E-state index is 9.59. The number of hydrogen-bond donors (Lipinski definition) is 1. The van der Waals surface area contributed by atoms with Crippen LogP contribution in [0.1, 0.15) is 73.6 Å². The van der Waals surface area contributed by atoms with Crippen LogP contribution in [0.3, 0.4) is 0 Å². The Bertz CT molecular complexity index is 823. The van der Waals surface area contributed by atoms with Crippen molar-refractivity contribution in [2.24, 2.45) is 0 Å². The van der Waals surface area contributed by atoms with Crippen LogP contribution in [0.5, 0.6) is 0 Å². The Morgan fingerprint density at radius 2 is 1.41 bits per heavy atom. The average molecular weight is 485 g/mol. The molecule has 0 bridgehead atoms. The zero-order valence-corrected chi connectivity index (χ0v) is 22.9. The summed E-state index contributed by atoms with van der Waals surface area (Å²) in [5.74, 6) is -0.601.